The summed E-state index contributed by atoms with van der Waals surface area (Å²) in [5, 5.41) is 0. The topological polar surface area (TPSA) is 43.4 Å². The van der Waals surface area contributed by atoms with Gasteiger partial charge in [0.15, 0.2) is 9.84 Å². The highest BCUT2D eigenvalue weighted by atomic mass is 79.9. The minimum atomic E-state index is -3.21. The van der Waals surface area contributed by atoms with E-state index in [0.717, 1.165) is 32.1 Å². The smallest absolute Gasteiger partial charge is 0.178 e. The van der Waals surface area contributed by atoms with Gasteiger partial charge in [0.25, 0.3) is 0 Å². The molecule has 0 radical (unpaired) electrons. The van der Waals surface area contributed by atoms with Crippen molar-refractivity contribution in [2.45, 2.75) is 43.4 Å². The highest BCUT2D eigenvalue weighted by molar-refractivity contribution is 9.10. The highest BCUT2D eigenvalue weighted by Gasteiger charge is 2.15. The molecular formula is C16H23BrO3S. The fourth-order valence-corrected chi connectivity index (χ4v) is 4.15. The van der Waals surface area contributed by atoms with E-state index in [4.69, 9.17) is 4.74 Å². The Labute approximate surface area is 136 Å². The van der Waals surface area contributed by atoms with Crippen molar-refractivity contribution in [2.24, 2.45) is 0 Å². The van der Waals surface area contributed by atoms with Gasteiger partial charge in [0.2, 0.25) is 0 Å². The van der Waals surface area contributed by atoms with Crippen molar-refractivity contribution in [3.8, 4) is 5.75 Å². The van der Waals surface area contributed by atoms with Crippen LogP contribution in [0, 0.1) is 0 Å². The van der Waals surface area contributed by atoms with Crippen molar-refractivity contribution in [3.63, 3.8) is 0 Å². The van der Waals surface area contributed by atoms with Crippen LogP contribution >= 0.6 is 15.9 Å². The highest BCUT2D eigenvalue weighted by Crippen LogP contribution is 2.28. The molecule has 118 valence electrons. The number of rotatable bonds is 10. The lowest BCUT2D eigenvalue weighted by atomic mass is 10.1. The number of unbranched alkanes of at least 4 members (excludes halogenated alkanes) is 5. The average Bonchev–Trinajstić information content (AvgIpc) is 2.46. The second kappa shape index (κ2) is 9.26. The average molecular weight is 375 g/mol. The lowest BCUT2D eigenvalue weighted by Gasteiger charge is -2.08. The molecule has 0 atom stereocenters. The first kappa shape index (κ1) is 18.2. The molecule has 0 saturated carbocycles. The molecule has 0 heterocycles. The van der Waals surface area contributed by atoms with E-state index in [0.29, 0.717) is 21.5 Å². The molecule has 3 nitrogen and oxygen atoms in total. The Bertz CT molecular complexity index is 553. The van der Waals surface area contributed by atoms with E-state index in [-0.39, 0.29) is 5.75 Å². The van der Waals surface area contributed by atoms with Crippen LogP contribution in [0.2, 0.25) is 0 Å². The second-order valence-corrected chi connectivity index (χ2v) is 7.92. The fourth-order valence-electron chi connectivity index (χ4n) is 2.07. The van der Waals surface area contributed by atoms with Crippen LogP contribution in [0.15, 0.2) is 40.2 Å². The molecule has 5 heteroatoms. The monoisotopic (exact) mass is 374 g/mol. The molecule has 1 aromatic rings. The van der Waals surface area contributed by atoms with Crippen molar-refractivity contribution in [3.05, 3.63) is 35.3 Å². The number of ether oxygens (including phenoxy) is 1. The maximum atomic E-state index is 12.2. The van der Waals surface area contributed by atoms with Crippen molar-refractivity contribution in [1.82, 2.24) is 0 Å². The van der Waals surface area contributed by atoms with Gasteiger partial charge in [-0.15, -0.1) is 6.58 Å². The van der Waals surface area contributed by atoms with Crippen molar-refractivity contribution in [2.75, 3.05) is 12.9 Å². The Morgan fingerprint density at radius 3 is 2.48 bits per heavy atom. The number of benzene rings is 1. The van der Waals surface area contributed by atoms with Crippen LogP contribution in [-0.4, -0.2) is 21.3 Å². The van der Waals surface area contributed by atoms with Crippen LogP contribution in [0.3, 0.4) is 0 Å². The van der Waals surface area contributed by atoms with Crippen LogP contribution < -0.4 is 4.74 Å². The number of halogens is 1. The number of allylic oxidation sites excluding steroid dienone is 1. The van der Waals surface area contributed by atoms with Gasteiger partial charge in [-0.25, -0.2) is 8.42 Å². The molecule has 1 aromatic carbocycles. The van der Waals surface area contributed by atoms with Gasteiger partial charge >= 0.3 is 0 Å². The summed E-state index contributed by atoms with van der Waals surface area (Å²) in [7, 11) is -1.65. The van der Waals surface area contributed by atoms with Crippen molar-refractivity contribution in [1.29, 1.82) is 0 Å². The summed E-state index contributed by atoms with van der Waals surface area (Å²) in [5.41, 5.74) is 0. The normalized spacial score (nSPS) is 11.3. The first-order chi connectivity index (χ1) is 10.0. The van der Waals surface area contributed by atoms with Gasteiger partial charge in [-0.3, -0.25) is 0 Å². The van der Waals surface area contributed by atoms with Gasteiger partial charge < -0.3 is 4.74 Å². The zero-order valence-corrected chi connectivity index (χ0v) is 14.9. The third kappa shape index (κ3) is 6.22. The molecule has 0 unspecified atom stereocenters. The maximum Gasteiger partial charge on any atom is 0.178 e. The minimum absolute atomic E-state index is 0.202. The fraction of sp³-hybridized carbons (Fsp3) is 0.500. The summed E-state index contributed by atoms with van der Waals surface area (Å²) in [5.74, 6) is 0.837. The molecule has 0 aliphatic heterocycles. The molecule has 0 saturated heterocycles. The van der Waals surface area contributed by atoms with Gasteiger partial charge in [-0.2, -0.15) is 0 Å². The lowest BCUT2D eigenvalue weighted by Crippen LogP contribution is -2.07. The summed E-state index contributed by atoms with van der Waals surface area (Å²) < 4.78 is 30.3. The van der Waals surface area contributed by atoms with Crippen LogP contribution in [0.4, 0.5) is 0 Å². The van der Waals surface area contributed by atoms with E-state index in [1.54, 1.807) is 25.3 Å². The standard InChI is InChI=1S/C16H23BrO3S/c1-3-4-5-6-7-8-9-12-21(18,19)14-10-11-16(20-2)15(17)13-14/h3,10-11,13H,1,4-9,12H2,2H3. The maximum absolute atomic E-state index is 12.2. The summed E-state index contributed by atoms with van der Waals surface area (Å²) in [6.07, 6.45) is 7.98. The number of hydrogen-bond donors (Lipinski definition) is 0. The minimum Gasteiger partial charge on any atom is -0.496 e. The first-order valence-corrected chi connectivity index (χ1v) is 9.63. The summed E-state index contributed by atoms with van der Waals surface area (Å²) in [6.45, 7) is 3.69. The molecule has 0 aromatic heterocycles. The largest absolute Gasteiger partial charge is 0.496 e. The zero-order chi connectivity index (χ0) is 15.7. The van der Waals surface area contributed by atoms with Gasteiger partial charge in [0.1, 0.15) is 5.75 Å². The van der Waals surface area contributed by atoms with Crippen molar-refractivity contribution < 1.29 is 13.2 Å². The number of hydrogen-bond acceptors (Lipinski definition) is 3. The van der Waals surface area contributed by atoms with Gasteiger partial charge in [-0.1, -0.05) is 25.3 Å². The van der Waals surface area contributed by atoms with E-state index in [1.165, 1.54) is 0 Å². The molecule has 21 heavy (non-hydrogen) atoms. The van der Waals surface area contributed by atoms with Gasteiger partial charge in [-0.05, 0) is 53.4 Å². The molecular weight excluding hydrogens is 352 g/mol. The van der Waals surface area contributed by atoms with Crippen LogP contribution in [0.25, 0.3) is 0 Å². The Kier molecular flexibility index (Phi) is 8.04. The Morgan fingerprint density at radius 2 is 1.86 bits per heavy atom. The Morgan fingerprint density at radius 1 is 1.19 bits per heavy atom. The van der Waals surface area contributed by atoms with E-state index >= 15 is 0 Å². The lowest BCUT2D eigenvalue weighted by molar-refractivity contribution is 0.411. The summed E-state index contributed by atoms with van der Waals surface area (Å²) in [6, 6.07) is 4.88. The molecule has 0 amide bonds. The molecule has 0 spiro atoms. The number of sulfone groups is 1. The zero-order valence-electron chi connectivity index (χ0n) is 12.5. The van der Waals surface area contributed by atoms with Gasteiger partial charge in [0, 0.05) is 0 Å². The molecule has 0 aliphatic carbocycles. The van der Waals surface area contributed by atoms with Crippen molar-refractivity contribution >= 4 is 25.8 Å². The molecule has 1 rings (SSSR count). The van der Waals surface area contributed by atoms with E-state index < -0.39 is 9.84 Å². The van der Waals surface area contributed by atoms with Gasteiger partial charge in [0.05, 0.1) is 22.2 Å². The predicted molar refractivity (Wildman–Crippen MR) is 90.6 cm³/mol. The SMILES string of the molecule is C=CCCCCCCCS(=O)(=O)c1ccc(OC)c(Br)c1. The summed E-state index contributed by atoms with van der Waals surface area (Å²) >= 11 is 3.32. The van der Waals surface area contributed by atoms with E-state index in [2.05, 4.69) is 22.5 Å². The van der Waals surface area contributed by atoms with Crippen LogP contribution in [0.5, 0.6) is 5.75 Å². The third-order valence-electron chi connectivity index (χ3n) is 3.30. The van der Waals surface area contributed by atoms with Crippen LogP contribution in [-0.2, 0) is 9.84 Å². The molecule has 0 aliphatic rings. The van der Waals surface area contributed by atoms with E-state index in [9.17, 15) is 8.42 Å². The van der Waals surface area contributed by atoms with Crippen LogP contribution in [0.1, 0.15) is 38.5 Å². The first-order valence-electron chi connectivity index (χ1n) is 7.18. The Hall–Kier alpha value is -0.810. The number of methoxy groups -OCH3 is 1. The third-order valence-corrected chi connectivity index (χ3v) is 5.72. The molecule has 0 N–H and O–H groups in total. The predicted octanol–water partition coefficient (Wildman–Crippen LogP) is 4.76. The Balaban J connectivity index is 2.46. The van der Waals surface area contributed by atoms with E-state index in [1.807, 2.05) is 6.08 Å². The molecule has 0 fully saturated rings. The quantitative estimate of drug-likeness (QED) is 0.438. The second-order valence-electron chi connectivity index (χ2n) is 4.96. The molecule has 0 bridgehead atoms. The summed E-state index contributed by atoms with van der Waals surface area (Å²) in [4.78, 5) is 0.349.